The summed E-state index contributed by atoms with van der Waals surface area (Å²) in [6.07, 6.45) is 3.47. The smallest absolute Gasteiger partial charge is 0.373 e. The Kier molecular flexibility index (Phi) is 6.10. The molecule has 0 unspecified atom stereocenters. The predicted octanol–water partition coefficient (Wildman–Crippen LogP) is 3.67. The van der Waals surface area contributed by atoms with E-state index in [2.05, 4.69) is 9.47 Å². The molecular weight excluding hydrogens is 448 g/mol. The van der Waals surface area contributed by atoms with Crippen molar-refractivity contribution in [3.05, 3.63) is 64.6 Å². The highest BCUT2D eigenvalue weighted by Gasteiger charge is 2.41. The van der Waals surface area contributed by atoms with Gasteiger partial charge in [0.05, 0.1) is 25.7 Å². The maximum absolute atomic E-state index is 12.9. The van der Waals surface area contributed by atoms with E-state index in [0.29, 0.717) is 12.3 Å². The molecule has 0 spiro atoms. The van der Waals surface area contributed by atoms with Gasteiger partial charge in [0.15, 0.2) is 0 Å². The number of fused-ring (bicyclic) bond motifs is 1. The maximum atomic E-state index is 12.9. The minimum atomic E-state index is -1.02. The molecule has 0 N–H and O–H groups in total. The van der Waals surface area contributed by atoms with Gasteiger partial charge in [-0.3, -0.25) is 14.5 Å². The van der Waals surface area contributed by atoms with Crippen LogP contribution in [-0.4, -0.2) is 52.8 Å². The number of methoxy groups -OCH3 is 2. The second kappa shape index (κ2) is 8.99. The number of benzene rings is 1. The summed E-state index contributed by atoms with van der Waals surface area (Å²) in [7, 11) is 2.49. The number of thioether (sulfide) groups is 1. The topological polar surface area (TPSA) is 108 Å². The lowest BCUT2D eigenvalue weighted by molar-refractivity contribution is -0.148. The van der Waals surface area contributed by atoms with Crippen LogP contribution < -0.4 is 0 Å². The molecule has 2 aromatic heterocycles. The minimum absolute atomic E-state index is 0.109. The number of hydrogen-bond donors (Lipinski definition) is 0. The average Bonchev–Trinajstić information content (AvgIpc) is 3.50. The molecule has 4 rings (SSSR count). The molecule has 170 valence electrons. The quantitative estimate of drug-likeness (QED) is 0.398. The van der Waals surface area contributed by atoms with Gasteiger partial charge in [-0.25, -0.2) is 9.59 Å². The van der Waals surface area contributed by atoms with E-state index in [1.165, 1.54) is 21.1 Å². The highest BCUT2D eigenvalue weighted by atomic mass is 32.2. The van der Waals surface area contributed by atoms with Crippen molar-refractivity contribution in [1.82, 2.24) is 9.47 Å². The van der Waals surface area contributed by atoms with Gasteiger partial charge in [0, 0.05) is 22.7 Å². The van der Waals surface area contributed by atoms with E-state index in [1.54, 1.807) is 18.2 Å². The Labute approximate surface area is 192 Å². The Bertz CT molecular complexity index is 1300. The summed E-state index contributed by atoms with van der Waals surface area (Å²) in [6.45, 7) is 1.79. The second-order valence-electron chi connectivity index (χ2n) is 7.24. The van der Waals surface area contributed by atoms with Gasteiger partial charge in [0.1, 0.15) is 11.8 Å². The number of furan rings is 1. The fraction of sp³-hybridized carbons (Fsp3) is 0.217. The number of nitrogens with zero attached hydrogens (tertiary/aromatic N) is 2. The number of carbonyl (C=O) groups excluding carboxylic acids is 4. The highest BCUT2D eigenvalue weighted by Crippen LogP contribution is 2.35. The van der Waals surface area contributed by atoms with E-state index in [4.69, 9.17) is 4.42 Å². The fourth-order valence-corrected chi connectivity index (χ4v) is 4.49. The molecule has 10 heteroatoms. The summed E-state index contributed by atoms with van der Waals surface area (Å²) >= 11 is 0.775. The third-order valence-electron chi connectivity index (χ3n) is 5.23. The van der Waals surface area contributed by atoms with Crippen LogP contribution in [0.1, 0.15) is 28.8 Å². The Morgan fingerprint density at radius 2 is 1.88 bits per heavy atom. The van der Waals surface area contributed by atoms with Crippen LogP contribution in [0.3, 0.4) is 0 Å². The molecule has 0 radical (unpaired) electrons. The zero-order valence-electron chi connectivity index (χ0n) is 18.1. The first-order valence-electron chi connectivity index (χ1n) is 9.93. The first-order chi connectivity index (χ1) is 15.8. The lowest BCUT2D eigenvalue weighted by Gasteiger charge is -2.18. The first-order valence-corrected chi connectivity index (χ1v) is 10.8. The van der Waals surface area contributed by atoms with E-state index in [9.17, 15) is 19.2 Å². The summed E-state index contributed by atoms with van der Waals surface area (Å²) < 4.78 is 16.8. The molecule has 3 aromatic rings. The van der Waals surface area contributed by atoms with E-state index >= 15 is 0 Å². The summed E-state index contributed by atoms with van der Waals surface area (Å²) in [5.41, 5.74) is 1.60. The van der Waals surface area contributed by atoms with Crippen LogP contribution in [0.5, 0.6) is 0 Å². The van der Waals surface area contributed by atoms with E-state index < -0.39 is 29.1 Å². The van der Waals surface area contributed by atoms with Crippen molar-refractivity contribution in [1.29, 1.82) is 0 Å². The summed E-state index contributed by atoms with van der Waals surface area (Å²) in [5, 5.41) is 0.337. The molecule has 33 heavy (non-hydrogen) atoms. The largest absolute Gasteiger partial charge is 0.467 e. The van der Waals surface area contributed by atoms with Crippen LogP contribution in [0.25, 0.3) is 17.0 Å². The minimum Gasteiger partial charge on any atom is -0.467 e. The van der Waals surface area contributed by atoms with Crippen LogP contribution in [0.2, 0.25) is 0 Å². The Balaban J connectivity index is 1.67. The van der Waals surface area contributed by atoms with Crippen LogP contribution in [0.15, 0.2) is 51.9 Å². The zero-order valence-corrected chi connectivity index (χ0v) is 18.9. The number of imide groups is 1. The molecule has 1 atom stereocenters. The number of ether oxygens (including phenoxy) is 2. The number of carbonyl (C=O) groups is 4. The van der Waals surface area contributed by atoms with Crippen LogP contribution in [0.4, 0.5) is 4.79 Å². The first kappa shape index (κ1) is 22.4. The second-order valence-corrected chi connectivity index (χ2v) is 8.23. The van der Waals surface area contributed by atoms with Gasteiger partial charge in [0.2, 0.25) is 5.76 Å². The lowest BCUT2D eigenvalue weighted by Crippen LogP contribution is -2.42. The predicted molar refractivity (Wildman–Crippen MR) is 120 cm³/mol. The molecule has 2 amide bonds. The van der Waals surface area contributed by atoms with Crippen LogP contribution in [0, 0.1) is 0 Å². The number of para-hydroxylation sites is 1. The van der Waals surface area contributed by atoms with Gasteiger partial charge < -0.3 is 18.5 Å². The van der Waals surface area contributed by atoms with Crippen molar-refractivity contribution in [2.24, 2.45) is 0 Å². The van der Waals surface area contributed by atoms with E-state index in [1.807, 2.05) is 35.0 Å². The van der Waals surface area contributed by atoms with Crippen molar-refractivity contribution in [3.63, 3.8) is 0 Å². The fourth-order valence-electron chi connectivity index (χ4n) is 3.59. The molecule has 1 saturated heterocycles. The molecule has 0 aliphatic carbocycles. The van der Waals surface area contributed by atoms with Crippen molar-refractivity contribution in [3.8, 4) is 0 Å². The molecule has 0 bridgehead atoms. The number of esters is 2. The number of rotatable bonds is 6. The Morgan fingerprint density at radius 3 is 2.61 bits per heavy atom. The highest BCUT2D eigenvalue weighted by molar-refractivity contribution is 8.18. The summed E-state index contributed by atoms with van der Waals surface area (Å²) in [4.78, 5) is 49.9. The normalized spacial score (nSPS) is 16.0. The standard InChI is InChI=1S/C23H20N2O7S/c1-13(21(27)30-2)25-20(26)19(33-23(25)29)10-14-11-24(17-7-5-4-6-16(14)17)12-15-8-9-18(32-15)22(28)31-3/h4-11,13H,12H2,1-3H3/b19-10+/t13-/m1/s1. The average molecular weight is 468 g/mol. The van der Waals surface area contributed by atoms with Gasteiger partial charge in [-0.2, -0.15) is 0 Å². The number of amides is 2. The zero-order chi connectivity index (χ0) is 23.7. The third-order valence-corrected chi connectivity index (χ3v) is 6.12. The molecule has 1 aromatic carbocycles. The van der Waals surface area contributed by atoms with Crippen molar-refractivity contribution in [2.75, 3.05) is 14.2 Å². The van der Waals surface area contributed by atoms with E-state index in [-0.39, 0.29) is 10.7 Å². The van der Waals surface area contributed by atoms with Crippen LogP contribution >= 0.6 is 11.8 Å². The van der Waals surface area contributed by atoms with E-state index in [0.717, 1.165) is 33.1 Å². The number of hydrogen-bond acceptors (Lipinski definition) is 8. The molecule has 1 aliphatic rings. The van der Waals surface area contributed by atoms with Gasteiger partial charge >= 0.3 is 11.9 Å². The van der Waals surface area contributed by atoms with Gasteiger partial charge in [-0.1, -0.05) is 18.2 Å². The molecule has 9 nitrogen and oxygen atoms in total. The third kappa shape index (κ3) is 4.17. The van der Waals surface area contributed by atoms with Crippen molar-refractivity contribution >= 4 is 51.8 Å². The monoisotopic (exact) mass is 468 g/mol. The van der Waals surface area contributed by atoms with Crippen molar-refractivity contribution < 1.29 is 33.1 Å². The maximum Gasteiger partial charge on any atom is 0.373 e. The van der Waals surface area contributed by atoms with Gasteiger partial charge in [-0.15, -0.1) is 0 Å². The molecule has 1 aliphatic heterocycles. The molecular formula is C23H20N2O7S. The number of aromatic nitrogens is 1. The molecule has 3 heterocycles. The molecule has 0 saturated carbocycles. The van der Waals surface area contributed by atoms with Crippen molar-refractivity contribution in [2.45, 2.75) is 19.5 Å². The van der Waals surface area contributed by atoms with Gasteiger partial charge in [-0.05, 0) is 43.0 Å². The summed E-state index contributed by atoms with van der Waals surface area (Å²) in [6, 6.07) is 9.81. The SMILES string of the molecule is COC(=O)c1ccc(Cn2cc(/C=C3/SC(=O)N([C@H](C)C(=O)OC)C3=O)c3ccccc32)o1. The van der Waals surface area contributed by atoms with Crippen LogP contribution in [-0.2, 0) is 25.6 Å². The Morgan fingerprint density at radius 1 is 1.12 bits per heavy atom. The summed E-state index contributed by atoms with van der Waals surface area (Å²) in [5.74, 6) is -1.11. The molecule has 1 fully saturated rings. The Hall–Kier alpha value is -3.79. The van der Waals surface area contributed by atoms with Gasteiger partial charge in [0.25, 0.3) is 11.1 Å². The lowest BCUT2D eigenvalue weighted by atomic mass is 10.1.